The Labute approximate surface area is 111 Å². The predicted octanol–water partition coefficient (Wildman–Crippen LogP) is -2.24. The largest absolute Gasteiger partial charge is 0.393 e. The molecule has 4 atom stereocenters. The summed E-state index contributed by atoms with van der Waals surface area (Å²) in [5.74, 6) is -0.268. The zero-order valence-corrected chi connectivity index (χ0v) is 10.4. The zero-order chi connectivity index (χ0) is 14.2. The Bertz CT molecular complexity index is 566. The van der Waals surface area contributed by atoms with Gasteiger partial charge in [-0.05, 0) is 0 Å². The number of nitrogens with one attached hydrogen (secondary N) is 1. The molecular weight excluding hydrogens is 280 g/mol. The van der Waals surface area contributed by atoms with Crippen LogP contribution in [0.25, 0.3) is 0 Å². The molecule has 1 aliphatic rings. The average molecular weight is 293 g/mol. The molecule has 0 saturated carbocycles. The molecule has 4 N–H and O–H groups in total. The number of hydrogen-bond acceptors (Lipinski definition) is 6. The van der Waals surface area contributed by atoms with Gasteiger partial charge in [0.15, 0.2) is 6.23 Å². The standard InChI is InChI=1S/C10H13ClN2O6/c11-3-10(4-14)7(17)6(16)8(19-10)13-2-1-5(15)12-9(13)18/h1-2,6-8,14,16-17H,3-4H2,(H,12,15,18)/t6-,7?,8+,10+/m0/s1. The van der Waals surface area contributed by atoms with Crippen LogP contribution in [0, 0.1) is 0 Å². The highest BCUT2D eigenvalue weighted by atomic mass is 35.5. The minimum Gasteiger partial charge on any atom is -0.393 e. The molecule has 2 rings (SSSR count). The summed E-state index contributed by atoms with van der Waals surface area (Å²) in [6.45, 7) is -0.622. The number of aliphatic hydroxyl groups excluding tert-OH is 3. The fraction of sp³-hybridized carbons (Fsp3) is 0.600. The number of hydrogen-bond donors (Lipinski definition) is 4. The molecule has 1 aromatic heterocycles. The number of H-pyrrole nitrogens is 1. The van der Waals surface area contributed by atoms with E-state index in [4.69, 9.17) is 16.3 Å². The van der Waals surface area contributed by atoms with Gasteiger partial charge in [0, 0.05) is 12.3 Å². The van der Waals surface area contributed by atoms with Crippen LogP contribution in [-0.4, -0.2) is 55.2 Å². The number of rotatable bonds is 3. The lowest BCUT2D eigenvalue weighted by Crippen LogP contribution is -2.47. The summed E-state index contributed by atoms with van der Waals surface area (Å²) in [5.41, 5.74) is -2.95. The predicted molar refractivity (Wildman–Crippen MR) is 64.0 cm³/mol. The van der Waals surface area contributed by atoms with Crippen LogP contribution in [0.15, 0.2) is 21.9 Å². The van der Waals surface area contributed by atoms with Gasteiger partial charge in [-0.3, -0.25) is 14.3 Å². The van der Waals surface area contributed by atoms with Crippen LogP contribution in [0.5, 0.6) is 0 Å². The van der Waals surface area contributed by atoms with Crippen molar-refractivity contribution >= 4 is 11.6 Å². The fourth-order valence-corrected chi connectivity index (χ4v) is 2.29. The van der Waals surface area contributed by atoms with Crippen molar-refractivity contribution in [3.8, 4) is 0 Å². The first kappa shape index (κ1) is 14.2. The van der Waals surface area contributed by atoms with Crippen LogP contribution < -0.4 is 11.2 Å². The smallest absolute Gasteiger partial charge is 0.330 e. The molecule has 0 aromatic carbocycles. The molecule has 0 amide bonds. The molecule has 0 radical (unpaired) electrons. The fourth-order valence-electron chi connectivity index (χ4n) is 1.98. The summed E-state index contributed by atoms with van der Waals surface area (Å²) in [6, 6.07) is 1.07. The van der Waals surface area contributed by atoms with E-state index in [0.29, 0.717) is 0 Å². The van der Waals surface area contributed by atoms with E-state index in [1.165, 1.54) is 0 Å². The maximum absolute atomic E-state index is 11.6. The van der Waals surface area contributed by atoms with Crippen LogP contribution in [0.3, 0.4) is 0 Å². The summed E-state index contributed by atoms with van der Waals surface area (Å²) in [4.78, 5) is 24.6. The second-order valence-corrected chi connectivity index (χ2v) is 4.59. The molecule has 1 unspecified atom stereocenters. The van der Waals surface area contributed by atoms with Crippen molar-refractivity contribution in [2.45, 2.75) is 24.0 Å². The van der Waals surface area contributed by atoms with Crippen molar-refractivity contribution < 1.29 is 20.1 Å². The van der Waals surface area contributed by atoms with Gasteiger partial charge in [-0.15, -0.1) is 11.6 Å². The Balaban J connectivity index is 2.42. The highest BCUT2D eigenvalue weighted by molar-refractivity contribution is 6.18. The quantitative estimate of drug-likeness (QED) is 0.467. The molecule has 19 heavy (non-hydrogen) atoms. The first-order valence-electron chi connectivity index (χ1n) is 5.47. The van der Waals surface area contributed by atoms with Crippen molar-refractivity contribution in [1.29, 1.82) is 0 Å². The highest BCUT2D eigenvalue weighted by Crippen LogP contribution is 2.36. The van der Waals surface area contributed by atoms with E-state index in [1.54, 1.807) is 0 Å². The number of alkyl halides is 1. The summed E-state index contributed by atoms with van der Waals surface area (Å²) in [7, 11) is 0. The van der Waals surface area contributed by atoms with Crippen molar-refractivity contribution in [2.24, 2.45) is 0 Å². The monoisotopic (exact) mass is 292 g/mol. The minimum atomic E-state index is -1.55. The van der Waals surface area contributed by atoms with E-state index < -0.39 is 41.9 Å². The summed E-state index contributed by atoms with van der Waals surface area (Å²) >= 11 is 5.64. The van der Waals surface area contributed by atoms with Gasteiger partial charge in [0.05, 0.1) is 12.5 Å². The Morgan fingerprint density at radius 2 is 2.16 bits per heavy atom. The summed E-state index contributed by atoms with van der Waals surface area (Å²) < 4.78 is 6.25. The normalized spacial score (nSPS) is 34.6. The molecule has 8 nitrogen and oxygen atoms in total. The third-order valence-electron chi connectivity index (χ3n) is 3.13. The maximum atomic E-state index is 11.6. The van der Waals surface area contributed by atoms with Gasteiger partial charge in [-0.25, -0.2) is 4.79 Å². The summed E-state index contributed by atoms with van der Waals surface area (Å²) in [6.07, 6.45) is -3.04. The first-order chi connectivity index (χ1) is 8.95. The average Bonchev–Trinajstić information content (AvgIpc) is 2.64. The van der Waals surface area contributed by atoms with Gasteiger partial charge in [0.25, 0.3) is 5.56 Å². The van der Waals surface area contributed by atoms with Gasteiger partial charge in [0.2, 0.25) is 0 Å². The maximum Gasteiger partial charge on any atom is 0.330 e. The van der Waals surface area contributed by atoms with E-state index >= 15 is 0 Å². The van der Waals surface area contributed by atoms with Crippen LogP contribution in [0.4, 0.5) is 0 Å². The topological polar surface area (TPSA) is 125 Å². The van der Waals surface area contributed by atoms with Crippen LogP contribution in [0.2, 0.25) is 0 Å². The van der Waals surface area contributed by atoms with Gasteiger partial charge >= 0.3 is 5.69 Å². The molecule has 1 fully saturated rings. The lowest BCUT2D eigenvalue weighted by molar-refractivity contribution is -0.115. The molecule has 1 aliphatic heterocycles. The molecular formula is C10H13ClN2O6. The zero-order valence-electron chi connectivity index (χ0n) is 9.69. The number of ether oxygens (including phenoxy) is 1. The number of halogens is 1. The van der Waals surface area contributed by atoms with E-state index in [9.17, 15) is 24.9 Å². The van der Waals surface area contributed by atoms with Gasteiger partial charge < -0.3 is 20.1 Å². The van der Waals surface area contributed by atoms with Crippen molar-refractivity contribution in [3.63, 3.8) is 0 Å². The minimum absolute atomic E-state index is 0.268. The third kappa shape index (κ3) is 2.21. The Hall–Kier alpha value is -1.19. The van der Waals surface area contributed by atoms with E-state index in [1.807, 2.05) is 4.98 Å². The van der Waals surface area contributed by atoms with Gasteiger partial charge in [-0.2, -0.15) is 0 Å². The Morgan fingerprint density at radius 1 is 1.47 bits per heavy atom. The van der Waals surface area contributed by atoms with Crippen LogP contribution >= 0.6 is 11.6 Å². The second-order valence-electron chi connectivity index (χ2n) is 4.32. The Kier molecular flexibility index (Phi) is 3.79. The van der Waals surface area contributed by atoms with E-state index in [2.05, 4.69) is 0 Å². The first-order valence-corrected chi connectivity index (χ1v) is 6.01. The molecule has 1 saturated heterocycles. The molecule has 0 aliphatic carbocycles. The van der Waals surface area contributed by atoms with Crippen LogP contribution in [0.1, 0.15) is 6.23 Å². The third-order valence-corrected chi connectivity index (χ3v) is 3.58. The SMILES string of the molecule is O=c1ccn([C@@H]2O[C@@](CO)(CCl)C(O)[C@@H]2O)c(=O)[nH]1. The highest BCUT2D eigenvalue weighted by Gasteiger charge is 2.54. The molecule has 106 valence electrons. The van der Waals surface area contributed by atoms with E-state index in [0.717, 1.165) is 16.8 Å². The van der Waals surface area contributed by atoms with Gasteiger partial charge in [-0.1, -0.05) is 0 Å². The number of nitrogens with zero attached hydrogens (tertiary/aromatic N) is 1. The second kappa shape index (κ2) is 5.06. The summed E-state index contributed by atoms with van der Waals surface area (Å²) in [5, 5.41) is 29.0. The molecule has 9 heteroatoms. The van der Waals surface area contributed by atoms with Crippen molar-refractivity contribution in [3.05, 3.63) is 33.1 Å². The molecule has 2 heterocycles. The number of aliphatic hydroxyl groups is 3. The van der Waals surface area contributed by atoms with Gasteiger partial charge in [0.1, 0.15) is 17.8 Å². The lowest BCUT2D eigenvalue weighted by atomic mass is 9.98. The number of aromatic nitrogens is 2. The lowest BCUT2D eigenvalue weighted by Gasteiger charge is -2.27. The molecule has 0 bridgehead atoms. The number of aromatic amines is 1. The van der Waals surface area contributed by atoms with Crippen LogP contribution in [-0.2, 0) is 4.74 Å². The van der Waals surface area contributed by atoms with Crippen molar-refractivity contribution in [1.82, 2.24) is 9.55 Å². The van der Waals surface area contributed by atoms with E-state index in [-0.39, 0.29) is 5.88 Å². The van der Waals surface area contributed by atoms with Crippen molar-refractivity contribution in [2.75, 3.05) is 12.5 Å². The molecule has 1 aromatic rings. The Morgan fingerprint density at radius 3 is 2.63 bits per heavy atom. The molecule has 0 spiro atoms.